The van der Waals surface area contributed by atoms with Gasteiger partial charge in [0.25, 0.3) is 0 Å². The molecule has 6 nitrogen and oxygen atoms in total. The van der Waals surface area contributed by atoms with E-state index in [0.717, 1.165) is 57.8 Å². The number of rotatable bonds is 64. The van der Waals surface area contributed by atoms with Crippen molar-refractivity contribution in [2.75, 3.05) is 13.2 Å². The zero-order chi connectivity index (χ0) is 53.6. The van der Waals surface area contributed by atoms with Crippen molar-refractivity contribution in [3.63, 3.8) is 0 Å². The van der Waals surface area contributed by atoms with E-state index in [1.54, 1.807) is 0 Å². The summed E-state index contributed by atoms with van der Waals surface area (Å²) < 4.78 is 17.0. The van der Waals surface area contributed by atoms with Crippen LogP contribution in [0.25, 0.3) is 0 Å². The van der Waals surface area contributed by atoms with Gasteiger partial charge in [-0.05, 0) is 19.3 Å². The van der Waals surface area contributed by atoms with Crippen molar-refractivity contribution < 1.29 is 28.6 Å². The van der Waals surface area contributed by atoms with Crippen LogP contribution in [0, 0.1) is 0 Å². The molecule has 0 N–H and O–H groups in total. The number of unbranched alkanes of at least 4 members (excludes halogenated alkanes) is 53. The largest absolute Gasteiger partial charge is 0.462 e. The maximum atomic E-state index is 12.9. The molecule has 0 bridgehead atoms. The molecule has 440 valence electrons. The molecule has 6 heteroatoms. The van der Waals surface area contributed by atoms with Gasteiger partial charge in [-0.25, -0.2) is 0 Å². The van der Waals surface area contributed by atoms with Crippen LogP contribution in [0.2, 0.25) is 0 Å². The Balaban J connectivity index is 4.19. The third-order valence-electron chi connectivity index (χ3n) is 15.9. The molecule has 0 rings (SSSR count). The zero-order valence-corrected chi connectivity index (χ0v) is 50.7. The fourth-order valence-electron chi connectivity index (χ4n) is 10.7. The molecule has 1 unspecified atom stereocenters. The summed E-state index contributed by atoms with van der Waals surface area (Å²) in [6.07, 6.45) is 74.1. The van der Waals surface area contributed by atoms with Crippen molar-refractivity contribution in [1.29, 1.82) is 0 Å². The predicted octanol–water partition coefficient (Wildman–Crippen LogP) is 23.1. The first-order valence-corrected chi connectivity index (χ1v) is 34.0. The van der Waals surface area contributed by atoms with Crippen molar-refractivity contribution in [2.45, 2.75) is 406 Å². The maximum absolute atomic E-state index is 12.9. The number of carbonyl (C=O) groups is 3. The summed E-state index contributed by atoms with van der Waals surface area (Å²) in [6.45, 7) is 6.73. The second-order valence-corrected chi connectivity index (χ2v) is 23.5. The molecule has 0 saturated carbocycles. The minimum atomic E-state index is -0.762. The summed E-state index contributed by atoms with van der Waals surface area (Å²) in [7, 11) is 0. The fourth-order valence-corrected chi connectivity index (χ4v) is 10.7. The Morgan fingerprint density at radius 3 is 0.541 bits per heavy atom. The van der Waals surface area contributed by atoms with E-state index in [1.807, 2.05) is 0 Å². The van der Waals surface area contributed by atoms with Crippen LogP contribution in [0.4, 0.5) is 0 Å². The molecule has 0 spiro atoms. The molecular weight excluding hydrogens is 913 g/mol. The predicted molar refractivity (Wildman–Crippen MR) is 321 cm³/mol. The number of esters is 3. The van der Waals surface area contributed by atoms with Crippen LogP contribution in [0.15, 0.2) is 0 Å². The van der Waals surface area contributed by atoms with Gasteiger partial charge in [0.05, 0.1) is 0 Å². The average Bonchev–Trinajstić information content (AvgIpc) is 3.40. The number of hydrogen-bond acceptors (Lipinski definition) is 6. The molecule has 0 heterocycles. The van der Waals surface area contributed by atoms with Crippen LogP contribution in [-0.4, -0.2) is 37.2 Å². The highest BCUT2D eigenvalue weighted by molar-refractivity contribution is 5.71. The van der Waals surface area contributed by atoms with Crippen molar-refractivity contribution in [3.8, 4) is 0 Å². The van der Waals surface area contributed by atoms with Gasteiger partial charge in [-0.15, -0.1) is 0 Å². The molecule has 0 aliphatic carbocycles. The first-order valence-electron chi connectivity index (χ1n) is 34.0. The molecule has 1 atom stereocenters. The summed E-state index contributed by atoms with van der Waals surface area (Å²) >= 11 is 0. The van der Waals surface area contributed by atoms with E-state index in [4.69, 9.17) is 14.2 Å². The minimum absolute atomic E-state index is 0.0604. The molecular formula is C68H132O6. The Morgan fingerprint density at radius 1 is 0.216 bits per heavy atom. The molecule has 0 amide bonds. The smallest absolute Gasteiger partial charge is 0.306 e. The highest BCUT2D eigenvalue weighted by atomic mass is 16.6. The lowest BCUT2D eigenvalue weighted by molar-refractivity contribution is -0.167. The van der Waals surface area contributed by atoms with Gasteiger partial charge in [-0.3, -0.25) is 14.4 Å². The molecule has 0 aromatic heterocycles. The second kappa shape index (κ2) is 63.9. The molecule has 0 saturated heterocycles. The van der Waals surface area contributed by atoms with Gasteiger partial charge in [-0.2, -0.15) is 0 Å². The Kier molecular flexibility index (Phi) is 62.6. The van der Waals surface area contributed by atoms with Crippen LogP contribution in [0.3, 0.4) is 0 Å². The van der Waals surface area contributed by atoms with Gasteiger partial charge in [0, 0.05) is 19.3 Å². The SMILES string of the molecule is CCCCCCCCCCCCCCCCCCCCCCCCCC(=O)OCC(COC(=O)CCCCCCCCCCCCCC)OC(=O)CCCCCCCCCCCCCCCCCCCCCCC. The topological polar surface area (TPSA) is 78.9 Å². The Hall–Kier alpha value is -1.59. The summed E-state index contributed by atoms with van der Waals surface area (Å²) in [5.41, 5.74) is 0. The quantitative estimate of drug-likeness (QED) is 0.0343. The van der Waals surface area contributed by atoms with Gasteiger partial charge in [0.15, 0.2) is 6.10 Å². The minimum Gasteiger partial charge on any atom is -0.462 e. The second-order valence-electron chi connectivity index (χ2n) is 23.5. The first kappa shape index (κ1) is 72.4. The molecule has 0 aliphatic heterocycles. The Labute approximate surface area is 463 Å². The number of carbonyl (C=O) groups excluding carboxylic acids is 3. The molecule has 74 heavy (non-hydrogen) atoms. The summed E-state index contributed by atoms with van der Waals surface area (Å²) in [5.74, 6) is -0.823. The van der Waals surface area contributed by atoms with Crippen LogP contribution in [-0.2, 0) is 28.6 Å². The Bertz CT molecular complexity index is 1110. The van der Waals surface area contributed by atoms with E-state index >= 15 is 0 Å². The number of ether oxygens (including phenoxy) is 3. The van der Waals surface area contributed by atoms with Crippen molar-refractivity contribution in [3.05, 3.63) is 0 Å². The maximum Gasteiger partial charge on any atom is 0.306 e. The lowest BCUT2D eigenvalue weighted by atomic mass is 10.0. The van der Waals surface area contributed by atoms with Crippen LogP contribution in [0.1, 0.15) is 400 Å². The van der Waals surface area contributed by atoms with E-state index in [9.17, 15) is 14.4 Å². The molecule has 0 aliphatic rings. The first-order chi connectivity index (χ1) is 36.5. The normalized spacial score (nSPS) is 11.9. The lowest BCUT2D eigenvalue weighted by Crippen LogP contribution is -2.30. The molecule has 0 aromatic rings. The summed E-state index contributed by atoms with van der Waals surface area (Å²) in [5, 5.41) is 0. The molecule has 0 fully saturated rings. The monoisotopic (exact) mass is 1050 g/mol. The van der Waals surface area contributed by atoms with E-state index in [-0.39, 0.29) is 31.1 Å². The highest BCUT2D eigenvalue weighted by Gasteiger charge is 2.19. The average molecular weight is 1050 g/mol. The standard InChI is InChI=1S/C68H132O6/c1-4-7-10-13-16-19-22-25-27-29-31-33-34-36-37-39-41-43-46-49-52-55-58-61-67(70)73-64-65(63-72-66(69)60-57-54-51-48-45-24-21-18-15-12-9-6-3)74-68(71)62-59-56-53-50-47-44-42-40-38-35-32-30-28-26-23-20-17-14-11-8-5-2/h65H,4-64H2,1-3H3. The third-order valence-corrected chi connectivity index (χ3v) is 15.9. The van der Waals surface area contributed by atoms with Gasteiger partial charge in [0.2, 0.25) is 0 Å². The number of hydrogen-bond donors (Lipinski definition) is 0. The molecule has 0 radical (unpaired) electrons. The van der Waals surface area contributed by atoms with E-state index in [1.165, 1.54) is 302 Å². The van der Waals surface area contributed by atoms with Crippen molar-refractivity contribution in [1.82, 2.24) is 0 Å². The fraction of sp³-hybridized carbons (Fsp3) is 0.956. The third kappa shape index (κ3) is 61.3. The highest BCUT2D eigenvalue weighted by Crippen LogP contribution is 2.19. The van der Waals surface area contributed by atoms with E-state index in [0.29, 0.717) is 19.3 Å². The van der Waals surface area contributed by atoms with Gasteiger partial charge >= 0.3 is 17.9 Å². The van der Waals surface area contributed by atoms with Crippen LogP contribution < -0.4 is 0 Å². The van der Waals surface area contributed by atoms with Gasteiger partial charge in [-0.1, -0.05) is 361 Å². The van der Waals surface area contributed by atoms with Crippen LogP contribution >= 0.6 is 0 Å². The van der Waals surface area contributed by atoms with E-state index in [2.05, 4.69) is 20.8 Å². The Morgan fingerprint density at radius 2 is 0.365 bits per heavy atom. The van der Waals surface area contributed by atoms with Crippen molar-refractivity contribution in [2.24, 2.45) is 0 Å². The summed E-state index contributed by atoms with van der Waals surface area (Å²) in [4.78, 5) is 38.3. The van der Waals surface area contributed by atoms with Crippen LogP contribution in [0.5, 0.6) is 0 Å². The van der Waals surface area contributed by atoms with E-state index < -0.39 is 6.10 Å². The zero-order valence-electron chi connectivity index (χ0n) is 50.7. The lowest BCUT2D eigenvalue weighted by Gasteiger charge is -2.18. The van der Waals surface area contributed by atoms with Gasteiger partial charge in [0.1, 0.15) is 13.2 Å². The van der Waals surface area contributed by atoms with Crippen molar-refractivity contribution >= 4 is 17.9 Å². The molecule has 0 aromatic carbocycles. The summed E-state index contributed by atoms with van der Waals surface area (Å²) in [6, 6.07) is 0. The van der Waals surface area contributed by atoms with Gasteiger partial charge < -0.3 is 14.2 Å².